The zero-order valence-corrected chi connectivity index (χ0v) is 21.6. The van der Waals surface area contributed by atoms with E-state index in [-0.39, 0.29) is 5.82 Å². The van der Waals surface area contributed by atoms with Crippen molar-refractivity contribution in [3.63, 3.8) is 0 Å². The molecule has 1 aliphatic carbocycles. The monoisotopic (exact) mass is 468 g/mol. The van der Waals surface area contributed by atoms with E-state index in [1.54, 1.807) is 0 Å². The Hall–Kier alpha value is -2.67. The zero-order chi connectivity index (χ0) is 24.5. The molecule has 1 aliphatic rings. The molecule has 4 rings (SSSR count). The first kappa shape index (κ1) is 25.4. The molecule has 0 nitrogen and oxygen atoms in total. The molecule has 1 heteroatoms. The predicted octanol–water partition coefficient (Wildman–Crippen LogP) is 9.59. The van der Waals surface area contributed by atoms with Crippen molar-refractivity contribution in [2.45, 2.75) is 83.5 Å². The lowest BCUT2D eigenvalue weighted by Crippen LogP contribution is -2.14. The van der Waals surface area contributed by atoms with Gasteiger partial charge >= 0.3 is 0 Å². The van der Waals surface area contributed by atoms with Gasteiger partial charge in [0.05, 0.1) is 0 Å². The fraction of sp³-hybridized carbons (Fsp3) is 0.412. The first-order valence-electron chi connectivity index (χ1n) is 13.6. The molecular weight excluding hydrogens is 427 g/mol. The Morgan fingerprint density at radius 1 is 0.857 bits per heavy atom. The Kier molecular flexibility index (Phi) is 9.35. The van der Waals surface area contributed by atoms with Crippen LogP contribution in [0, 0.1) is 11.7 Å². The highest BCUT2D eigenvalue weighted by atomic mass is 19.1. The van der Waals surface area contributed by atoms with Gasteiger partial charge in [-0.2, -0.15) is 0 Å². The van der Waals surface area contributed by atoms with Gasteiger partial charge in [-0.15, -0.1) is 0 Å². The zero-order valence-electron chi connectivity index (χ0n) is 21.6. The Labute approximate surface area is 212 Å². The molecule has 0 bridgehead atoms. The summed E-state index contributed by atoms with van der Waals surface area (Å²) >= 11 is 0. The topological polar surface area (TPSA) is 0 Å². The molecule has 0 saturated heterocycles. The van der Waals surface area contributed by atoms with E-state index in [0.717, 1.165) is 30.7 Å². The summed E-state index contributed by atoms with van der Waals surface area (Å²) in [5.41, 5.74) is 6.34. The number of hydrogen-bond donors (Lipinski definition) is 0. The van der Waals surface area contributed by atoms with Crippen molar-refractivity contribution < 1.29 is 4.39 Å². The Balaban J connectivity index is 1.21. The number of benzene rings is 3. The van der Waals surface area contributed by atoms with Gasteiger partial charge in [0, 0.05) is 0 Å². The van der Waals surface area contributed by atoms with Crippen LogP contribution in [0.2, 0.25) is 0 Å². The third-order valence-corrected chi connectivity index (χ3v) is 7.99. The van der Waals surface area contributed by atoms with Crippen LogP contribution in [0.1, 0.15) is 92.0 Å². The molecule has 0 heterocycles. The lowest BCUT2D eigenvalue weighted by molar-refractivity contribution is 0.310. The third kappa shape index (κ3) is 7.40. The van der Waals surface area contributed by atoms with Crippen LogP contribution in [0.25, 0.3) is 0 Å². The summed E-state index contributed by atoms with van der Waals surface area (Å²) in [6.07, 6.45) is 14.3. The summed E-state index contributed by atoms with van der Waals surface area (Å²) in [6, 6.07) is 26.1. The molecule has 0 aliphatic heterocycles. The van der Waals surface area contributed by atoms with Crippen molar-refractivity contribution in [1.82, 2.24) is 0 Å². The van der Waals surface area contributed by atoms with Crippen molar-refractivity contribution in [2.75, 3.05) is 0 Å². The maximum absolute atomic E-state index is 14.6. The third-order valence-electron chi connectivity index (χ3n) is 7.99. The lowest BCUT2D eigenvalue weighted by atomic mass is 9.76. The number of hydrogen-bond acceptors (Lipinski definition) is 0. The van der Waals surface area contributed by atoms with Crippen LogP contribution >= 0.6 is 0 Å². The van der Waals surface area contributed by atoms with Gasteiger partial charge in [-0.3, -0.25) is 0 Å². The molecule has 0 amide bonds. The highest BCUT2D eigenvalue weighted by Gasteiger charge is 2.23. The molecule has 1 saturated carbocycles. The maximum atomic E-state index is 14.6. The number of rotatable bonds is 10. The predicted molar refractivity (Wildman–Crippen MR) is 148 cm³/mol. The summed E-state index contributed by atoms with van der Waals surface area (Å²) < 4.78 is 14.6. The van der Waals surface area contributed by atoms with E-state index in [9.17, 15) is 4.39 Å². The second-order valence-corrected chi connectivity index (χ2v) is 10.5. The molecule has 35 heavy (non-hydrogen) atoms. The van der Waals surface area contributed by atoms with Crippen LogP contribution in [0.5, 0.6) is 0 Å². The van der Waals surface area contributed by atoms with E-state index in [0.29, 0.717) is 11.8 Å². The minimum absolute atomic E-state index is 0.0178. The fourth-order valence-electron chi connectivity index (χ4n) is 5.68. The normalized spacial score (nSPS) is 19.2. The van der Waals surface area contributed by atoms with Crippen molar-refractivity contribution >= 4 is 0 Å². The van der Waals surface area contributed by atoms with Crippen molar-refractivity contribution in [3.8, 4) is 0 Å². The van der Waals surface area contributed by atoms with Gasteiger partial charge in [0.25, 0.3) is 0 Å². The van der Waals surface area contributed by atoms with Gasteiger partial charge < -0.3 is 0 Å². The van der Waals surface area contributed by atoms with Crippen LogP contribution in [-0.4, -0.2) is 0 Å². The standard InChI is InChI=1S/C34H41F/c1-3-4-6-11-32-22-23-33(25-34(32)35)31-20-18-28(19-21-31)13-12-27-14-16-29(17-15-27)24-26(2)30-9-7-5-8-10-30/h3-5,7-10,14-17,22-23,25-26,28,31H,6,11-13,18-21,24H2,1-2H3/b4-3+/t26-,28?,31?/m0/s1. The molecule has 1 atom stereocenters. The summed E-state index contributed by atoms with van der Waals surface area (Å²) in [4.78, 5) is 0. The number of halogens is 1. The van der Waals surface area contributed by atoms with Gasteiger partial charge in [0.2, 0.25) is 0 Å². The molecule has 0 N–H and O–H groups in total. The molecule has 1 fully saturated rings. The van der Waals surface area contributed by atoms with Gasteiger partial charge in [-0.25, -0.2) is 4.39 Å². The van der Waals surface area contributed by atoms with Gasteiger partial charge in [-0.05, 0) is 116 Å². The first-order chi connectivity index (χ1) is 17.1. The van der Waals surface area contributed by atoms with Crippen LogP contribution in [0.15, 0.2) is 84.9 Å². The van der Waals surface area contributed by atoms with E-state index in [4.69, 9.17) is 0 Å². The Morgan fingerprint density at radius 3 is 2.26 bits per heavy atom. The molecule has 0 aromatic heterocycles. The minimum Gasteiger partial charge on any atom is -0.207 e. The van der Waals surface area contributed by atoms with E-state index >= 15 is 0 Å². The Morgan fingerprint density at radius 2 is 1.57 bits per heavy atom. The van der Waals surface area contributed by atoms with Crippen LogP contribution in [0.4, 0.5) is 4.39 Å². The Bertz CT molecular complexity index is 1060. The molecular formula is C34H41F. The van der Waals surface area contributed by atoms with Gasteiger partial charge in [0.15, 0.2) is 0 Å². The van der Waals surface area contributed by atoms with Crippen LogP contribution in [0.3, 0.4) is 0 Å². The number of aryl methyl sites for hydroxylation is 2. The van der Waals surface area contributed by atoms with E-state index < -0.39 is 0 Å². The molecule has 0 radical (unpaired) electrons. The fourth-order valence-corrected chi connectivity index (χ4v) is 5.68. The van der Waals surface area contributed by atoms with Crippen molar-refractivity contribution in [3.05, 3.63) is 119 Å². The maximum Gasteiger partial charge on any atom is 0.126 e. The smallest absolute Gasteiger partial charge is 0.126 e. The summed E-state index contributed by atoms with van der Waals surface area (Å²) in [6.45, 7) is 4.33. The molecule has 184 valence electrons. The quantitative estimate of drug-likeness (QED) is 0.260. The van der Waals surface area contributed by atoms with E-state index in [1.165, 1.54) is 60.8 Å². The molecule has 0 spiro atoms. The van der Waals surface area contributed by atoms with Crippen molar-refractivity contribution in [1.29, 1.82) is 0 Å². The van der Waals surface area contributed by atoms with E-state index in [1.807, 2.05) is 25.1 Å². The van der Waals surface area contributed by atoms with E-state index in [2.05, 4.69) is 73.7 Å². The van der Waals surface area contributed by atoms with Crippen molar-refractivity contribution in [2.24, 2.45) is 5.92 Å². The number of allylic oxidation sites excluding steroid dienone is 2. The van der Waals surface area contributed by atoms with Crippen LogP contribution in [-0.2, 0) is 19.3 Å². The first-order valence-corrected chi connectivity index (χ1v) is 13.6. The highest BCUT2D eigenvalue weighted by Crippen LogP contribution is 2.38. The van der Waals surface area contributed by atoms with Gasteiger partial charge in [0.1, 0.15) is 5.82 Å². The van der Waals surface area contributed by atoms with Gasteiger partial charge in [-0.1, -0.05) is 85.8 Å². The molecule has 3 aromatic rings. The SMILES string of the molecule is C/C=C/CCc1ccc(C2CCC(CCc3ccc(C[C@H](C)c4ccccc4)cc3)CC2)cc1F. The second kappa shape index (κ2) is 12.9. The average Bonchev–Trinajstić information content (AvgIpc) is 2.90. The lowest BCUT2D eigenvalue weighted by Gasteiger charge is -2.29. The summed E-state index contributed by atoms with van der Waals surface area (Å²) in [5, 5.41) is 0. The minimum atomic E-state index is -0.0178. The largest absolute Gasteiger partial charge is 0.207 e. The molecule has 0 unspecified atom stereocenters. The second-order valence-electron chi connectivity index (χ2n) is 10.5. The van der Waals surface area contributed by atoms with Crippen LogP contribution < -0.4 is 0 Å². The highest BCUT2D eigenvalue weighted by molar-refractivity contribution is 5.29. The average molecular weight is 469 g/mol. The summed E-state index contributed by atoms with van der Waals surface area (Å²) in [7, 11) is 0. The summed E-state index contributed by atoms with van der Waals surface area (Å²) in [5.74, 6) is 1.85. The molecule has 3 aromatic carbocycles.